The first-order valence-corrected chi connectivity index (χ1v) is 8.77. The van der Waals surface area contributed by atoms with E-state index in [1.165, 1.54) is 4.90 Å². The number of morpholine rings is 1. The van der Waals surface area contributed by atoms with E-state index in [4.69, 9.17) is 9.47 Å². The van der Waals surface area contributed by atoms with Crippen LogP contribution < -0.4 is 10.2 Å². The fourth-order valence-corrected chi connectivity index (χ4v) is 4.34. The third-order valence-electron chi connectivity index (χ3n) is 6.64. The highest BCUT2D eigenvalue weighted by atomic mass is 16.6. The van der Waals surface area contributed by atoms with Crippen LogP contribution in [0.5, 0.6) is 0 Å². The fraction of sp³-hybridized carbons (Fsp3) is 0.882. The van der Waals surface area contributed by atoms with E-state index in [0.717, 1.165) is 45.7 Å². The summed E-state index contributed by atoms with van der Waals surface area (Å²) in [5, 5.41) is 3.02. The van der Waals surface area contributed by atoms with Gasteiger partial charge in [0.2, 0.25) is 0 Å². The predicted molar refractivity (Wildman–Crippen MR) is 84.0 cm³/mol. The van der Waals surface area contributed by atoms with E-state index in [2.05, 4.69) is 5.32 Å². The Morgan fingerprint density at radius 2 is 1.91 bits per heavy atom. The highest BCUT2D eigenvalue weighted by Gasteiger charge is 2.75. The van der Waals surface area contributed by atoms with Gasteiger partial charge < -0.3 is 19.7 Å². The van der Waals surface area contributed by atoms with Gasteiger partial charge in [-0.2, -0.15) is 0 Å². The van der Waals surface area contributed by atoms with Crippen molar-refractivity contribution in [2.75, 3.05) is 39.4 Å². The van der Waals surface area contributed by atoms with Crippen molar-refractivity contribution in [3.63, 3.8) is 0 Å². The van der Waals surface area contributed by atoms with Crippen molar-refractivity contribution in [3.8, 4) is 0 Å². The van der Waals surface area contributed by atoms with Gasteiger partial charge in [0.1, 0.15) is 13.1 Å². The van der Waals surface area contributed by atoms with Gasteiger partial charge in [-0.25, -0.2) is 0 Å². The summed E-state index contributed by atoms with van der Waals surface area (Å²) in [5.74, 6) is -0.337. The molecule has 130 valence electrons. The lowest BCUT2D eigenvalue weighted by atomic mass is 9.66. The Hall–Kier alpha value is -1.14. The smallest absolute Gasteiger partial charge is 0.313 e. The molecule has 0 aromatic heterocycles. The van der Waals surface area contributed by atoms with Gasteiger partial charge in [-0.05, 0) is 19.8 Å². The van der Waals surface area contributed by atoms with Crippen LogP contribution in [0.2, 0.25) is 0 Å². The molecule has 3 fully saturated rings. The number of hydrogen-bond acceptors (Lipinski definition) is 4. The molecule has 0 radical (unpaired) electrons. The number of carbonyl (C=O) groups is 2. The summed E-state index contributed by atoms with van der Waals surface area (Å²) in [6.45, 7) is 11.3. The van der Waals surface area contributed by atoms with Crippen LogP contribution in [0.15, 0.2) is 0 Å². The minimum absolute atomic E-state index is 0.117. The van der Waals surface area contributed by atoms with E-state index < -0.39 is 16.4 Å². The monoisotopic (exact) mass is 325 g/mol. The fourth-order valence-electron chi connectivity index (χ4n) is 4.34. The molecule has 1 aliphatic carbocycles. The molecule has 23 heavy (non-hydrogen) atoms. The molecule has 1 amide bonds. The highest BCUT2D eigenvalue weighted by molar-refractivity contribution is 5.96. The molecule has 0 aromatic rings. The number of fused-ring (bicyclic) bond motifs is 2. The Bertz CT molecular complexity index is 501. The summed E-state index contributed by atoms with van der Waals surface area (Å²) in [7, 11) is 0. The molecule has 3 aliphatic rings. The van der Waals surface area contributed by atoms with Gasteiger partial charge in [0.15, 0.2) is 5.60 Å². The van der Waals surface area contributed by atoms with Crippen LogP contribution in [-0.4, -0.2) is 56.9 Å². The summed E-state index contributed by atoms with van der Waals surface area (Å²) >= 11 is 0. The van der Waals surface area contributed by atoms with Gasteiger partial charge in [-0.1, -0.05) is 13.8 Å². The summed E-state index contributed by atoms with van der Waals surface area (Å²) in [6.07, 6.45) is 2.29. The SMILES string of the molecule is CC1(C)[C@@]2(C)CC[C@]1(C(=O)NCCC[NH+]1CCOCC1)OC2=O. The number of amides is 1. The van der Waals surface area contributed by atoms with Gasteiger partial charge in [-0.3, -0.25) is 9.59 Å². The lowest BCUT2D eigenvalue weighted by Crippen LogP contribution is -3.14. The van der Waals surface area contributed by atoms with E-state index in [1.807, 2.05) is 20.8 Å². The number of carbonyl (C=O) groups excluding carboxylic acids is 2. The van der Waals surface area contributed by atoms with Crippen LogP contribution in [0.3, 0.4) is 0 Å². The normalized spacial score (nSPS) is 36.0. The first-order chi connectivity index (χ1) is 10.8. The molecule has 2 bridgehead atoms. The standard InChI is InChI=1S/C17H28N2O4/c1-15(2)16(3)5-6-17(15,23-14(16)21)13(20)18-7-4-8-19-9-11-22-12-10-19/h4-12H2,1-3H3,(H,18,20)/p+1/t16-,17+/m0/s1. The average molecular weight is 325 g/mol. The van der Waals surface area contributed by atoms with Gasteiger partial charge in [-0.15, -0.1) is 0 Å². The molecule has 2 N–H and O–H groups in total. The molecule has 3 rings (SSSR count). The van der Waals surface area contributed by atoms with Crippen molar-refractivity contribution < 1.29 is 24.0 Å². The molecule has 6 heteroatoms. The van der Waals surface area contributed by atoms with Crippen molar-refractivity contribution in [2.45, 2.75) is 45.6 Å². The quantitative estimate of drug-likeness (QED) is 0.530. The number of rotatable bonds is 5. The second-order valence-electron chi connectivity index (χ2n) is 7.90. The van der Waals surface area contributed by atoms with Gasteiger partial charge in [0.05, 0.1) is 25.2 Å². The van der Waals surface area contributed by atoms with E-state index in [-0.39, 0.29) is 11.9 Å². The topological polar surface area (TPSA) is 69.1 Å². The zero-order chi connectivity index (χ0) is 16.7. The molecule has 2 atom stereocenters. The van der Waals surface area contributed by atoms with E-state index in [1.54, 1.807) is 0 Å². The minimum Gasteiger partial charge on any atom is -0.448 e. The molecular weight excluding hydrogens is 296 g/mol. The average Bonchev–Trinajstić information content (AvgIpc) is 2.83. The van der Waals surface area contributed by atoms with E-state index >= 15 is 0 Å². The molecule has 0 unspecified atom stereocenters. The van der Waals surface area contributed by atoms with Crippen LogP contribution >= 0.6 is 0 Å². The van der Waals surface area contributed by atoms with Crippen LogP contribution in [0, 0.1) is 10.8 Å². The molecule has 0 aromatic carbocycles. The summed E-state index contributed by atoms with van der Waals surface area (Å²) < 4.78 is 10.9. The number of hydrogen-bond donors (Lipinski definition) is 2. The van der Waals surface area contributed by atoms with Crippen LogP contribution in [0.1, 0.15) is 40.0 Å². The summed E-state index contributed by atoms with van der Waals surface area (Å²) in [4.78, 5) is 26.5. The molecule has 6 nitrogen and oxygen atoms in total. The first-order valence-electron chi connectivity index (χ1n) is 8.77. The molecule has 0 spiro atoms. The first kappa shape index (κ1) is 16.7. The number of nitrogens with one attached hydrogen (secondary N) is 2. The lowest BCUT2D eigenvalue weighted by molar-refractivity contribution is -0.908. The molecule has 2 heterocycles. The lowest BCUT2D eigenvalue weighted by Gasteiger charge is -2.35. The zero-order valence-corrected chi connectivity index (χ0v) is 14.5. The van der Waals surface area contributed by atoms with Crippen molar-refractivity contribution in [1.82, 2.24) is 5.32 Å². The Kier molecular flexibility index (Phi) is 4.17. The second-order valence-corrected chi connectivity index (χ2v) is 7.90. The Labute approximate surface area is 137 Å². The number of ether oxygens (including phenoxy) is 2. The van der Waals surface area contributed by atoms with Crippen molar-refractivity contribution >= 4 is 11.9 Å². The summed E-state index contributed by atoms with van der Waals surface area (Å²) in [6, 6.07) is 0. The van der Waals surface area contributed by atoms with Crippen molar-refractivity contribution in [2.24, 2.45) is 10.8 Å². The van der Waals surface area contributed by atoms with Gasteiger partial charge in [0, 0.05) is 18.4 Å². The maximum Gasteiger partial charge on any atom is 0.313 e. The van der Waals surface area contributed by atoms with Crippen molar-refractivity contribution in [1.29, 1.82) is 0 Å². The maximum atomic E-state index is 12.8. The summed E-state index contributed by atoms with van der Waals surface area (Å²) in [5.41, 5.74) is -1.98. The molecular formula is C17H29N2O4+. The van der Waals surface area contributed by atoms with Gasteiger partial charge in [0.25, 0.3) is 5.91 Å². The minimum atomic E-state index is -0.981. The van der Waals surface area contributed by atoms with Crippen LogP contribution in [0.25, 0.3) is 0 Å². The number of quaternary nitrogens is 1. The number of esters is 1. The largest absolute Gasteiger partial charge is 0.448 e. The van der Waals surface area contributed by atoms with E-state index in [9.17, 15) is 9.59 Å². The third kappa shape index (κ3) is 2.38. The Balaban J connectivity index is 1.53. The predicted octanol–water partition coefficient (Wildman–Crippen LogP) is -0.470. The van der Waals surface area contributed by atoms with Gasteiger partial charge >= 0.3 is 5.97 Å². The van der Waals surface area contributed by atoms with E-state index in [0.29, 0.717) is 13.0 Å². The van der Waals surface area contributed by atoms with Crippen LogP contribution in [0.4, 0.5) is 0 Å². The second kappa shape index (κ2) is 5.74. The highest BCUT2D eigenvalue weighted by Crippen LogP contribution is 2.65. The maximum absolute atomic E-state index is 12.8. The molecule has 2 saturated heterocycles. The molecule has 1 saturated carbocycles. The van der Waals surface area contributed by atoms with Crippen molar-refractivity contribution in [3.05, 3.63) is 0 Å². The third-order valence-corrected chi connectivity index (χ3v) is 6.64. The van der Waals surface area contributed by atoms with Crippen LogP contribution in [-0.2, 0) is 19.1 Å². The Morgan fingerprint density at radius 1 is 1.22 bits per heavy atom. The zero-order valence-electron chi connectivity index (χ0n) is 14.5. The molecule has 2 aliphatic heterocycles. The Morgan fingerprint density at radius 3 is 2.48 bits per heavy atom.